The van der Waals surface area contributed by atoms with Crippen LogP contribution in [0.1, 0.15) is 4.88 Å². The minimum absolute atomic E-state index is 0.155. The van der Waals surface area contributed by atoms with Crippen molar-refractivity contribution in [3.8, 4) is 11.4 Å². The standard InChI is InChI=1S/C21H25N5O2S2/c1-28-18-6-4-17(5-7-18)26-16-22-23-21(26)30-15-20(27)25-12-10-24(11-13-25)9-8-19-3-2-14-29-19/h2-7,14,16H,8-13,15H2,1H3. The first-order chi connectivity index (χ1) is 14.7. The summed E-state index contributed by atoms with van der Waals surface area (Å²) in [6, 6.07) is 12.0. The Bertz CT molecular complexity index is 935. The number of amides is 1. The van der Waals surface area contributed by atoms with Crippen molar-refractivity contribution in [3.05, 3.63) is 53.0 Å². The fourth-order valence-corrected chi connectivity index (χ4v) is 4.93. The number of hydrogen-bond donors (Lipinski definition) is 0. The van der Waals surface area contributed by atoms with Gasteiger partial charge in [-0.2, -0.15) is 0 Å². The number of nitrogens with zero attached hydrogens (tertiary/aromatic N) is 5. The Kier molecular flexibility index (Phi) is 7.03. The normalized spacial score (nSPS) is 14.8. The summed E-state index contributed by atoms with van der Waals surface area (Å²) in [5, 5.41) is 11.0. The second kappa shape index (κ2) is 10.1. The van der Waals surface area contributed by atoms with Gasteiger partial charge in [-0.05, 0) is 42.1 Å². The summed E-state index contributed by atoms with van der Waals surface area (Å²) in [4.78, 5) is 18.5. The lowest BCUT2D eigenvalue weighted by atomic mass is 10.2. The lowest BCUT2D eigenvalue weighted by Gasteiger charge is -2.34. The minimum atomic E-state index is 0.155. The van der Waals surface area contributed by atoms with E-state index in [-0.39, 0.29) is 5.91 Å². The Morgan fingerprint density at radius 2 is 1.97 bits per heavy atom. The van der Waals surface area contributed by atoms with Crippen molar-refractivity contribution in [2.75, 3.05) is 45.6 Å². The number of carbonyl (C=O) groups is 1. The highest BCUT2D eigenvalue weighted by atomic mass is 32.2. The van der Waals surface area contributed by atoms with Crippen molar-refractivity contribution in [2.45, 2.75) is 11.6 Å². The quantitative estimate of drug-likeness (QED) is 0.499. The zero-order valence-corrected chi connectivity index (χ0v) is 18.6. The van der Waals surface area contributed by atoms with E-state index in [4.69, 9.17) is 4.74 Å². The summed E-state index contributed by atoms with van der Waals surface area (Å²) >= 11 is 3.23. The SMILES string of the molecule is COc1ccc(-n2cnnc2SCC(=O)N2CCN(CCc3cccs3)CC2)cc1. The molecule has 0 unspecified atom stereocenters. The van der Waals surface area contributed by atoms with Crippen molar-refractivity contribution in [1.82, 2.24) is 24.6 Å². The zero-order chi connectivity index (χ0) is 20.8. The molecular weight excluding hydrogens is 418 g/mol. The van der Waals surface area contributed by atoms with Crippen LogP contribution in [0.5, 0.6) is 5.75 Å². The molecular formula is C21H25N5O2S2. The lowest BCUT2D eigenvalue weighted by molar-refractivity contribution is -0.130. The van der Waals surface area contributed by atoms with E-state index in [0.29, 0.717) is 10.9 Å². The van der Waals surface area contributed by atoms with Crippen molar-refractivity contribution in [3.63, 3.8) is 0 Å². The first-order valence-corrected chi connectivity index (χ1v) is 11.8. The molecule has 4 rings (SSSR count). The van der Waals surface area contributed by atoms with Gasteiger partial charge in [-0.3, -0.25) is 14.3 Å². The third-order valence-electron chi connectivity index (χ3n) is 5.17. The van der Waals surface area contributed by atoms with Crippen molar-refractivity contribution >= 4 is 29.0 Å². The van der Waals surface area contributed by atoms with Crippen LogP contribution in [-0.2, 0) is 11.2 Å². The summed E-state index contributed by atoms with van der Waals surface area (Å²) in [5.41, 5.74) is 0.940. The molecule has 0 aliphatic carbocycles. The van der Waals surface area contributed by atoms with E-state index in [2.05, 4.69) is 32.6 Å². The molecule has 9 heteroatoms. The van der Waals surface area contributed by atoms with Crippen LogP contribution in [0.25, 0.3) is 5.69 Å². The molecule has 1 amide bonds. The molecule has 3 aromatic rings. The lowest BCUT2D eigenvalue weighted by Crippen LogP contribution is -2.49. The number of thiophene rings is 1. The Morgan fingerprint density at radius 1 is 1.17 bits per heavy atom. The Labute approximate surface area is 184 Å². The predicted octanol–water partition coefficient (Wildman–Crippen LogP) is 2.82. The molecule has 0 radical (unpaired) electrons. The summed E-state index contributed by atoms with van der Waals surface area (Å²) < 4.78 is 7.09. The summed E-state index contributed by atoms with van der Waals surface area (Å²) in [6.45, 7) is 4.50. The number of benzene rings is 1. The molecule has 0 saturated carbocycles. The predicted molar refractivity (Wildman–Crippen MR) is 120 cm³/mol. The van der Waals surface area contributed by atoms with E-state index in [9.17, 15) is 4.79 Å². The van der Waals surface area contributed by atoms with E-state index in [1.165, 1.54) is 16.6 Å². The molecule has 2 aromatic heterocycles. The highest BCUT2D eigenvalue weighted by Gasteiger charge is 2.21. The van der Waals surface area contributed by atoms with Crippen molar-refractivity contribution < 1.29 is 9.53 Å². The molecule has 0 N–H and O–H groups in total. The molecule has 1 saturated heterocycles. The van der Waals surface area contributed by atoms with Crippen LogP contribution in [0.2, 0.25) is 0 Å². The molecule has 1 aliphatic heterocycles. The van der Waals surface area contributed by atoms with Crippen LogP contribution in [0, 0.1) is 0 Å². The number of carbonyl (C=O) groups excluding carboxylic acids is 1. The van der Waals surface area contributed by atoms with Gasteiger partial charge < -0.3 is 9.64 Å². The fraction of sp³-hybridized carbons (Fsp3) is 0.381. The van der Waals surface area contributed by atoms with Crippen LogP contribution in [0.4, 0.5) is 0 Å². The van der Waals surface area contributed by atoms with Crippen LogP contribution < -0.4 is 4.74 Å². The Balaban J connectivity index is 1.25. The second-order valence-corrected chi connectivity index (χ2v) is 9.00. The number of hydrogen-bond acceptors (Lipinski definition) is 7. The summed E-state index contributed by atoms with van der Waals surface area (Å²) in [6.07, 6.45) is 2.75. The highest BCUT2D eigenvalue weighted by molar-refractivity contribution is 7.99. The van der Waals surface area contributed by atoms with Gasteiger partial charge in [0.05, 0.1) is 12.9 Å². The third-order valence-corrected chi connectivity index (χ3v) is 7.04. The molecule has 30 heavy (non-hydrogen) atoms. The number of rotatable bonds is 8. The van der Waals surface area contributed by atoms with E-state index in [0.717, 1.165) is 50.6 Å². The van der Waals surface area contributed by atoms with Gasteiger partial charge in [-0.25, -0.2) is 0 Å². The van der Waals surface area contributed by atoms with Crippen molar-refractivity contribution in [1.29, 1.82) is 0 Å². The van der Waals surface area contributed by atoms with E-state index in [1.807, 2.05) is 45.1 Å². The molecule has 0 atom stereocenters. The first-order valence-electron chi connectivity index (χ1n) is 9.92. The monoisotopic (exact) mass is 443 g/mol. The second-order valence-electron chi connectivity index (χ2n) is 7.02. The molecule has 1 aromatic carbocycles. The Hall–Kier alpha value is -2.36. The van der Waals surface area contributed by atoms with Crippen LogP contribution in [0.15, 0.2) is 53.3 Å². The molecule has 0 bridgehead atoms. The van der Waals surface area contributed by atoms with Gasteiger partial charge in [0.1, 0.15) is 12.1 Å². The smallest absolute Gasteiger partial charge is 0.233 e. The highest BCUT2D eigenvalue weighted by Crippen LogP contribution is 2.22. The maximum atomic E-state index is 12.7. The molecule has 1 aliphatic rings. The fourth-order valence-electron chi connectivity index (χ4n) is 3.40. The van der Waals surface area contributed by atoms with Gasteiger partial charge in [0.2, 0.25) is 5.91 Å². The number of thioether (sulfide) groups is 1. The molecule has 7 nitrogen and oxygen atoms in total. The zero-order valence-electron chi connectivity index (χ0n) is 16.9. The van der Waals surface area contributed by atoms with Crippen LogP contribution in [0.3, 0.4) is 0 Å². The van der Waals surface area contributed by atoms with Gasteiger partial charge >= 0.3 is 0 Å². The average molecular weight is 444 g/mol. The first kappa shape index (κ1) is 20.9. The van der Waals surface area contributed by atoms with Gasteiger partial charge in [-0.1, -0.05) is 17.8 Å². The number of aromatic nitrogens is 3. The molecule has 1 fully saturated rings. The number of piperazine rings is 1. The molecule has 0 spiro atoms. The van der Waals surface area contributed by atoms with Gasteiger partial charge in [0, 0.05) is 43.3 Å². The summed E-state index contributed by atoms with van der Waals surface area (Å²) in [7, 11) is 1.64. The number of methoxy groups -OCH3 is 1. The van der Waals surface area contributed by atoms with E-state index in [1.54, 1.807) is 13.4 Å². The molecule has 158 valence electrons. The maximum Gasteiger partial charge on any atom is 0.233 e. The van der Waals surface area contributed by atoms with Gasteiger partial charge in [-0.15, -0.1) is 21.5 Å². The van der Waals surface area contributed by atoms with E-state index >= 15 is 0 Å². The van der Waals surface area contributed by atoms with E-state index < -0.39 is 0 Å². The third kappa shape index (κ3) is 5.21. The topological polar surface area (TPSA) is 63.5 Å². The summed E-state index contributed by atoms with van der Waals surface area (Å²) in [5.74, 6) is 1.32. The number of ether oxygens (including phenoxy) is 1. The maximum absolute atomic E-state index is 12.7. The minimum Gasteiger partial charge on any atom is -0.497 e. The van der Waals surface area contributed by atoms with Crippen LogP contribution >= 0.6 is 23.1 Å². The molecule has 3 heterocycles. The van der Waals surface area contributed by atoms with Gasteiger partial charge in [0.25, 0.3) is 0 Å². The Morgan fingerprint density at radius 3 is 2.67 bits per heavy atom. The van der Waals surface area contributed by atoms with Gasteiger partial charge in [0.15, 0.2) is 5.16 Å². The van der Waals surface area contributed by atoms with Crippen LogP contribution in [-0.4, -0.2) is 76.1 Å². The largest absolute Gasteiger partial charge is 0.497 e. The average Bonchev–Trinajstić information content (AvgIpc) is 3.48. The van der Waals surface area contributed by atoms with Crippen molar-refractivity contribution in [2.24, 2.45) is 0 Å².